The maximum Gasteiger partial charge on any atom is 0.284 e. The summed E-state index contributed by atoms with van der Waals surface area (Å²) in [7, 11) is 0. The highest BCUT2D eigenvalue weighted by molar-refractivity contribution is 5.76. The predicted molar refractivity (Wildman–Crippen MR) is 37.9 cm³/mol. The molecule has 4 nitrogen and oxygen atoms in total. The van der Waals surface area contributed by atoms with E-state index in [1.54, 1.807) is 0 Å². The topological polar surface area (TPSA) is 70.4 Å². The van der Waals surface area contributed by atoms with E-state index >= 15 is 0 Å². The summed E-state index contributed by atoms with van der Waals surface area (Å²) in [6.07, 6.45) is -2.86. The molecular formula is C7H5F2NO3. The Balaban J connectivity index is 3.30. The smallest absolute Gasteiger partial charge is 0.284 e. The van der Waals surface area contributed by atoms with E-state index in [1.807, 2.05) is 0 Å². The molecular weight excluding hydrogens is 184 g/mol. The van der Waals surface area contributed by atoms with Crippen LogP contribution in [0.15, 0.2) is 6.07 Å². The molecule has 1 aromatic heterocycles. The molecule has 2 N–H and O–H groups in total. The number of nitrogens with zero attached hydrogens (tertiary/aromatic N) is 1. The molecule has 1 heterocycles. The minimum absolute atomic E-state index is 0.126. The van der Waals surface area contributed by atoms with Crippen LogP contribution in [0.5, 0.6) is 11.5 Å². The summed E-state index contributed by atoms with van der Waals surface area (Å²) in [5, 5.41) is 17.8. The Morgan fingerprint density at radius 3 is 2.46 bits per heavy atom. The minimum atomic E-state index is -2.99. The van der Waals surface area contributed by atoms with Crippen molar-refractivity contribution < 1.29 is 23.8 Å². The molecule has 0 unspecified atom stereocenters. The molecule has 0 aromatic carbocycles. The Bertz CT molecular complexity index is 341. The molecule has 0 fully saturated rings. The molecule has 0 saturated carbocycles. The summed E-state index contributed by atoms with van der Waals surface area (Å²) in [4.78, 5) is 13.2. The van der Waals surface area contributed by atoms with E-state index in [4.69, 9.17) is 10.2 Å². The standard InChI is InChI=1S/C7H5F2NO3/c8-7(9)6-5(13)1-4(12)3(2-11)10-6/h1-2,7,12-13H. The molecule has 1 rings (SSSR count). The monoisotopic (exact) mass is 189 g/mol. The van der Waals surface area contributed by atoms with E-state index < -0.39 is 29.3 Å². The lowest BCUT2D eigenvalue weighted by Crippen LogP contribution is -1.96. The largest absolute Gasteiger partial charge is 0.506 e. The molecule has 70 valence electrons. The van der Waals surface area contributed by atoms with Crippen LogP contribution < -0.4 is 0 Å². The number of pyridine rings is 1. The van der Waals surface area contributed by atoms with Crippen LogP contribution in [0.25, 0.3) is 0 Å². The van der Waals surface area contributed by atoms with Crippen molar-refractivity contribution in [2.24, 2.45) is 0 Å². The van der Waals surface area contributed by atoms with E-state index in [9.17, 15) is 13.6 Å². The first-order chi connectivity index (χ1) is 6.06. The molecule has 0 atom stereocenters. The van der Waals surface area contributed by atoms with E-state index in [0.717, 1.165) is 0 Å². The lowest BCUT2D eigenvalue weighted by molar-refractivity contribution is 0.111. The van der Waals surface area contributed by atoms with Gasteiger partial charge < -0.3 is 10.2 Å². The van der Waals surface area contributed by atoms with Gasteiger partial charge in [-0.05, 0) is 0 Å². The second-order valence-corrected chi connectivity index (χ2v) is 2.22. The van der Waals surface area contributed by atoms with Gasteiger partial charge in [0.15, 0.2) is 6.29 Å². The van der Waals surface area contributed by atoms with Crippen LogP contribution in [0.3, 0.4) is 0 Å². The fourth-order valence-corrected chi connectivity index (χ4v) is 0.769. The summed E-state index contributed by atoms with van der Waals surface area (Å²) < 4.78 is 24.1. The third-order valence-electron chi connectivity index (χ3n) is 1.36. The van der Waals surface area contributed by atoms with Crippen molar-refractivity contribution in [3.8, 4) is 11.5 Å². The van der Waals surface area contributed by atoms with Crippen molar-refractivity contribution >= 4 is 6.29 Å². The molecule has 13 heavy (non-hydrogen) atoms. The van der Waals surface area contributed by atoms with Crippen LogP contribution in [0, 0.1) is 0 Å². The fraction of sp³-hybridized carbons (Fsp3) is 0.143. The molecule has 6 heteroatoms. The summed E-state index contributed by atoms with van der Waals surface area (Å²) in [6, 6.07) is 0.651. The normalized spacial score (nSPS) is 10.4. The number of halogens is 2. The zero-order valence-corrected chi connectivity index (χ0v) is 6.24. The summed E-state index contributed by atoms with van der Waals surface area (Å²) in [5.41, 5.74) is -1.44. The lowest BCUT2D eigenvalue weighted by Gasteiger charge is -2.03. The van der Waals surface area contributed by atoms with Crippen LogP contribution in [0.4, 0.5) is 8.78 Å². The van der Waals surface area contributed by atoms with Crippen LogP contribution in [-0.2, 0) is 0 Å². The fourth-order valence-electron chi connectivity index (χ4n) is 0.769. The highest BCUT2D eigenvalue weighted by Gasteiger charge is 2.17. The average Bonchev–Trinajstić information content (AvgIpc) is 2.03. The first-order valence-electron chi connectivity index (χ1n) is 3.22. The van der Waals surface area contributed by atoms with Crippen LogP contribution >= 0.6 is 0 Å². The molecule has 0 amide bonds. The third-order valence-corrected chi connectivity index (χ3v) is 1.36. The number of hydrogen-bond acceptors (Lipinski definition) is 4. The third kappa shape index (κ3) is 1.71. The Morgan fingerprint density at radius 2 is 2.00 bits per heavy atom. The number of carbonyl (C=O) groups excluding carboxylic acids is 1. The number of aromatic nitrogens is 1. The van der Waals surface area contributed by atoms with Crippen molar-refractivity contribution in [2.75, 3.05) is 0 Å². The van der Waals surface area contributed by atoms with Gasteiger partial charge in [-0.3, -0.25) is 4.79 Å². The Kier molecular flexibility index (Phi) is 2.41. The van der Waals surface area contributed by atoms with E-state index in [0.29, 0.717) is 6.07 Å². The van der Waals surface area contributed by atoms with Crippen molar-refractivity contribution in [1.82, 2.24) is 4.98 Å². The van der Waals surface area contributed by atoms with Gasteiger partial charge in [-0.1, -0.05) is 0 Å². The van der Waals surface area contributed by atoms with Gasteiger partial charge in [0.05, 0.1) is 0 Å². The van der Waals surface area contributed by atoms with Crippen LogP contribution in [0.1, 0.15) is 22.6 Å². The average molecular weight is 189 g/mol. The van der Waals surface area contributed by atoms with E-state index in [2.05, 4.69) is 4.98 Å². The van der Waals surface area contributed by atoms with Crippen molar-refractivity contribution in [2.45, 2.75) is 6.43 Å². The second kappa shape index (κ2) is 3.34. The summed E-state index contributed by atoms with van der Waals surface area (Å²) in [5.74, 6) is -1.46. The number of carbonyl (C=O) groups is 1. The Labute approximate surface area is 71.5 Å². The maximum absolute atomic E-state index is 12.1. The quantitative estimate of drug-likeness (QED) is 0.686. The Hall–Kier alpha value is -1.72. The van der Waals surface area contributed by atoms with Gasteiger partial charge in [-0.25, -0.2) is 13.8 Å². The predicted octanol–water partition coefficient (Wildman–Crippen LogP) is 1.24. The zero-order chi connectivity index (χ0) is 10.0. The van der Waals surface area contributed by atoms with Crippen LogP contribution in [-0.4, -0.2) is 21.5 Å². The molecule has 0 spiro atoms. The number of alkyl halides is 2. The zero-order valence-electron chi connectivity index (χ0n) is 6.24. The second-order valence-electron chi connectivity index (χ2n) is 2.22. The van der Waals surface area contributed by atoms with Gasteiger partial charge in [0.25, 0.3) is 6.43 Å². The molecule has 1 aromatic rings. The highest BCUT2D eigenvalue weighted by Crippen LogP contribution is 2.30. The molecule has 0 radical (unpaired) electrons. The van der Waals surface area contributed by atoms with Gasteiger partial charge in [-0.15, -0.1) is 0 Å². The summed E-state index contributed by atoms with van der Waals surface area (Å²) in [6.45, 7) is 0. The minimum Gasteiger partial charge on any atom is -0.506 e. The highest BCUT2D eigenvalue weighted by atomic mass is 19.3. The SMILES string of the molecule is O=Cc1nc(C(F)F)c(O)cc1O. The van der Waals surface area contributed by atoms with Crippen molar-refractivity contribution in [3.05, 3.63) is 17.5 Å². The van der Waals surface area contributed by atoms with Gasteiger partial charge >= 0.3 is 0 Å². The van der Waals surface area contributed by atoms with E-state index in [1.165, 1.54) is 0 Å². The van der Waals surface area contributed by atoms with Gasteiger partial charge in [0, 0.05) is 6.07 Å². The lowest BCUT2D eigenvalue weighted by atomic mass is 10.2. The molecule has 0 bridgehead atoms. The van der Waals surface area contributed by atoms with Crippen LogP contribution in [0.2, 0.25) is 0 Å². The van der Waals surface area contributed by atoms with Gasteiger partial charge in [0.2, 0.25) is 0 Å². The van der Waals surface area contributed by atoms with E-state index in [-0.39, 0.29) is 6.29 Å². The first-order valence-corrected chi connectivity index (χ1v) is 3.22. The molecule has 0 aliphatic rings. The van der Waals surface area contributed by atoms with Gasteiger partial charge in [-0.2, -0.15) is 0 Å². The number of hydrogen-bond donors (Lipinski definition) is 2. The summed E-state index contributed by atoms with van der Waals surface area (Å²) >= 11 is 0. The molecule has 0 saturated heterocycles. The van der Waals surface area contributed by atoms with Crippen molar-refractivity contribution in [3.63, 3.8) is 0 Å². The Morgan fingerprint density at radius 1 is 1.38 bits per heavy atom. The first kappa shape index (κ1) is 9.37. The number of rotatable bonds is 2. The van der Waals surface area contributed by atoms with Gasteiger partial charge in [0.1, 0.15) is 22.9 Å². The van der Waals surface area contributed by atoms with Crippen molar-refractivity contribution in [1.29, 1.82) is 0 Å². The maximum atomic E-state index is 12.1. The number of aromatic hydroxyl groups is 2. The molecule has 0 aliphatic heterocycles. The number of aldehydes is 1. The molecule has 0 aliphatic carbocycles.